The van der Waals surface area contributed by atoms with E-state index in [0.29, 0.717) is 13.1 Å². The van der Waals surface area contributed by atoms with Crippen molar-refractivity contribution >= 4 is 11.6 Å². The monoisotopic (exact) mass is 338 g/mol. The molecule has 3 rings (SSSR count). The standard InChI is InChI=1S/C21H26N2O2/c1-22(2)19-10-6-9-18(15-19)21(25)23-13-11-17(12-14-23)20(24)16-7-4-3-5-8-16/h3-10,15,17,20,24H,11-14H2,1-2H3. The lowest BCUT2D eigenvalue weighted by Gasteiger charge is -2.34. The smallest absolute Gasteiger partial charge is 0.253 e. The highest BCUT2D eigenvalue weighted by atomic mass is 16.3. The van der Waals surface area contributed by atoms with Gasteiger partial charge in [-0.15, -0.1) is 0 Å². The summed E-state index contributed by atoms with van der Waals surface area (Å²) in [4.78, 5) is 16.7. The minimum absolute atomic E-state index is 0.0800. The molecule has 0 spiro atoms. The Labute approximate surface area is 149 Å². The summed E-state index contributed by atoms with van der Waals surface area (Å²) in [6, 6.07) is 17.5. The van der Waals surface area contributed by atoms with Gasteiger partial charge < -0.3 is 14.9 Å². The zero-order valence-electron chi connectivity index (χ0n) is 14.9. The number of piperidine rings is 1. The van der Waals surface area contributed by atoms with Crippen LogP contribution in [0.5, 0.6) is 0 Å². The molecule has 1 aliphatic heterocycles. The minimum Gasteiger partial charge on any atom is -0.388 e. The van der Waals surface area contributed by atoms with Gasteiger partial charge >= 0.3 is 0 Å². The number of benzene rings is 2. The van der Waals surface area contributed by atoms with Crippen LogP contribution in [-0.2, 0) is 0 Å². The SMILES string of the molecule is CN(C)c1cccc(C(=O)N2CCC(C(O)c3ccccc3)CC2)c1. The van der Waals surface area contributed by atoms with E-state index in [0.717, 1.165) is 29.7 Å². The quantitative estimate of drug-likeness (QED) is 0.930. The van der Waals surface area contributed by atoms with E-state index in [4.69, 9.17) is 0 Å². The Bertz CT molecular complexity index is 707. The average molecular weight is 338 g/mol. The molecule has 1 aliphatic rings. The Morgan fingerprint density at radius 3 is 2.40 bits per heavy atom. The van der Waals surface area contributed by atoms with Crippen LogP contribution < -0.4 is 4.90 Å². The van der Waals surface area contributed by atoms with E-state index in [2.05, 4.69) is 0 Å². The molecule has 1 amide bonds. The first-order chi connectivity index (χ1) is 12.1. The number of carbonyl (C=O) groups is 1. The number of hydrogen-bond acceptors (Lipinski definition) is 3. The lowest BCUT2D eigenvalue weighted by Crippen LogP contribution is -2.39. The van der Waals surface area contributed by atoms with Gasteiger partial charge in [-0.25, -0.2) is 0 Å². The maximum atomic E-state index is 12.8. The molecule has 1 fully saturated rings. The van der Waals surface area contributed by atoms with Crippen molar-refractivity contribution in [2.45, 2.75) is 18.9 Å². The predicted molar refractivity (Wildman–Crippen MR) is 101 cm³/mol. The second-order valence-electron chi connectivity index (χ2n) is 6.93. The number of hydrogen-bond donors (Lipinski definition) is 1. The number of carbonyl (C=O) groups excluding carboxylic acids is 1. The Morgan fingerprint density at radius 2 is 1.76 bits per heavy atom. The summed E-state index contributed by atoms with van der Waals surface area (Å²) in [5.41, 5.74) is 2.72. The Morgan fingerprint density at radius 1 is 1.08 bits per heavy atom. The molecule has 4 nitrogen and oxygen atoms in total. The molecule has 0 radical (unpaired) electrons. The van der Waals surface area contributed by atoms with Gasteiger partial charge in [0.25, 0.3) is 5.91 Å². The molecule has 0 bridgehead atoms. The predicted octanol–water partition coefficient (Wildman–Crippen LogP) is 3.34. The van der Waals surface area contributed by atoms with Gasteiger partial charge in [-0.1, -0.05) is 36.4 Å². The zero-order chi connectivity index (χ0) is 17.8. The van der Waals surface area contributed by atoms with Gasteiger partial charge in [0, 0.05) is 38.4 Å². The van der Waals surface area contributed by atoms with E-state index in [1.54, 1.807) is 0 Å². The minimum atomic E-state index is -0.449. The van der Waals surface area contributed by atoms with Crippen LogP contribution in [0.15, 0.2) is 54.6 Å². The largest absolute Gasteiger partial charge is 0.388 e. The number of aliphatic hydroxyl groups is 1. The molecule has 4 heteroatoms. The van der Waals surface area contributed by atoms with Crippen LogP contribution in [-0.4, -0.2) is 43.1 Å². The summed E-state index contributed by atoms with van der Waals surface area (Å²) in [6.45, 7) is 1.39. The van der Waals surface area contributed by atoms with Gasteiger partial charge in [-0.2, -0.15) is 0 Å². The highest BCUT2D eigenvalue weighted by Gasteiger charge is 2.28. The van der Waals surface area contributed by atoms with Crippen molar-refractivity contribution in [3.63, 3.8) is 0 Å². The maximum Gasteiger partial charge on any atom is 0.253 e. The van der Waals surface area contributed by atoms with Crippen LogP contribution in [0.3, 0.4) is 0 Å². The fourth-order valence-electron chi connectivity index (χ4n) is 3.44. The maximum absolute atomic E-state index is 12.8. The van der Waals surface area contributed by atoms with Gasteiger partial charge in [0.05, 0.1) is 6.10 Å². The van der Waals surface area contributed by atoms with Crippen molar-refractivity contribution in [2.75, 3.05) is 32.1 Å². The lowest BCUT2D eigenvalue weighted by molar-refractivity contribution is 0.0462. The van der Waals surface area contributed by atoms with E-state index < -0.39 is 6.10 Å². The van der Waals surface area contributed by atoms with Crippen molar-refractivity contribution in [1.82, 2.24) is 4.90 Å². The lowest BCUT2D eigenvalue weighted by atomic mass is 9.87. The summed E-state index contributed by atoms with van der Waals surface area (Å²) in [5, 5.41) is 10.6. The van der Waals surface area contributed by atoms with E-state index in [-0.39, 0.29) is 11.8 Å². The molecule has 2 aromatic rings. The first-order valence-electron chi connectivity index (χ1n) is 8.86. The third-order valence-electron chi connectivity index (χ3n) is 5.02. The molecule has 1 N–H and O–H groups in total. The van der Waals surface area contributed by atoms with Crippen molar-refractivity contribution in [1.29, 1.82) is 0 Å². The van der Waals surface area contributed by atoms with Crippen molar-refractivity contribution in [3.05, 3.63) is 65.7 Å². The van der Waals surface area contributed by atoms with Crippen LogP contribution in [0.4, 0.5) is 5.69 Å². The summed E-state index contributed by atoms with van der Waals surface area (Å²) >= 11 is 0. The number of nitrogens with zero attached hydrogens (tertiary/aromatic N) is 2. The summed E-state index contributed by atoms with van der Waals surface area (Å²) in [7, 11) is 3.94. The van der Waals surface area contributed by atoms with E-state index in [1.165, 1.54) is 0 Å². The number of rotatable bonds is 4. The Kier molecular flexibility index (Phi) is 5.39. The molecular weight excluding hydrogens is 312 g/mol. The normalized spacial score (nSPS) is 16.5. The first kappa shape index (κ1) is 17.5. The Hall–Kier alpha value is -2.33. The summed E-state index contributed by atoms with van der Waals surface area (Å²) in [6.07, 6.45) is 1.21. The molecular formula is C21H26N2O2. The molecule has 1 atom stereocenters. The molecule has 1 heterocycles. The van der Waals surface area contributed by atoms with Gasteiger partial charge in [-0.3, -0.25) is 4.79 Å². The second kappa shape index (κ2) is 7.70. The number of likely N-dealkylation sites (tertiary alicyclic amines) is 1. The van der Waals surface area contributed by atoms with Crippen LogP contribution in [0, 0.1) is 5.92 Å². The molecule has 1 unspecified atom stereocenters. The molecule has 1 saturated heterocycles. The number of amides is 1. The van der Waals surface area contributed by atoms with Crippen molar-refractivity contribution < 1.29 is 9.90 Å². The Balaban J connectivity index is 1.62. The molecule has 0 saturated carbocycles. The van der Waals surface area contributed by atoms with Gasteiger partial charge in [0.15, 0.2) is 0 Å². The average Bonchev–Trinajstić information content (AvgIpc) is 2.67. The highest BCUT2D eigenvalue weighted by molar-refractivity contribution is 5.95. The fraction of sp³-hybridized carbons (Fsp3) is 0.381. The third kappa shape index (κ3) is 4.02. The third-order valence-corrected chi connectivity index (χ3v) is 5.02. The summed E-state index contributed by atoms with van der Waals surface area (Å²) < 4.78 is 0. The van der Waals surface area contributed by atoms with E-state index in [1.807, 2.05) is 78.5 Å². The molecule has 132 valence electrons. The second-order valence-corrected chi connectivity index (χ2v) is 6.93. The topological polar surface area (TPSA) is 43.8 Å². The molecule has 0 aliphatic carbocycles. The van der Waals surface area contributed by atoms with Crippen molar-refractivity contribution in [2.24, 2.45) is 5.92 Å². The van der Waals surface area contributed by atoms with E-state index in [9.17, 15) is 9.90 Å². The van der Waals surface area contributed by atoms with Crippen LogP contribution >= 0.6 is 0 Å². The van der Waals surface area contributed by atoms with Crippen molar-refractivity contribution in [3.8, 4) is 0 Å². The van der Waals surface area contributed by atoms with Crippen LogP contribution in [0.1, 0.15) is 34.9 Å². The van der Waals surface area contributed by atoms with Gasteiger partial charge in [0.1, 0.15) is 0 Å². The van der Waals surface area contributed by atoms with E-state index >= 15 is 0 Å². The highest BCUT2D eigenvalue weighted by Crippen LogP contribution is 2.31. The first-order valence-corrected chi connectivity index (χ1v) is 8.86. The van der Waals surface area contributed by atoms with Crippen LogP contribution in [0.25, 0.3) is 0 Å². The molecule has 2 aromatic carbocycles. The van der Waals surface area contributed by atoms with Crippen LogP contribution in [0.2, 0.25) is 0 Å². The number of aliphatic hydroxyl groups excluding tert-OH is 1. The van der Waals surface area contributed by atoms with Gasteiger partial charge in [-0.05, 0) is 42.5 Å². The van der Waals surface area contributed by atoms with Gasteiger partial charge in [0.2, 0.25) is 0 Å². The number of anilines is 1. The molecule has 0 aromatic heterocycles. The molecule has 25 heavy (non-hydrogen) atoms. The summed E-state index contributed by atoms with van der Waals surface area (Å²) in [5.74, 6) is 0.288. The zero-order valence-corrected chi connectivity index (χ0v) is 14.9. The fourth-order valence-corrected chi connectivity index (χ4v) is 3.44.